The second kappa shape index (κ2) is 26.3. The maximum Gasteiger partial charge on any atom is 0.333 e. The minimum atomic E-state index is -0.932. The fourth-order valence-corrected chi connectivity index (χ4v) is 11.3. The molecule has 0 aliphatic carbocycles. The number of rotatable bonds is 10. The quantitative estimate of drug-likeness (QED) is 0.0333. The van der Waals surface area contributed by atoms with Crippen LogP contribution < -0.4 is 16.1 Å². The summed E-state index contributed by atoms with van der Waals surface area (Å²) in [4.78, 5) is 62.0. The van der Waals surface area contributed by atoms with E-state index in [2.05, 4.69) is 42.0 Å². The number of carbonyl (C=O) groups is 4. The van der Waals surface area contributed by atoms with E-state index in [0.29, 0.717) is 16.7 Å². The van der Waals surface area contributed by atoms with Gasteiger partial charge in [0.1, 0.15) is 31.3 Å². The zero-order valence-electron chi connectivity index (χ0n) is 39.5. The number of hydrogen-bond acceptors (Lipinski definition) is 12. The Morgan fingerprint density at radius 3 is 1.48 bits per heavy atom. The molecule has 6 aromatic carbocycles. The third-order valence-corrected chi connectivity index (χ3v) is 14.8. The van der Waals surface area contributed by atoms with Crippen LogP contribution in [0.1, 0.15) is 42.5 Å². The van der Waals surface area contributed by atoms with Gasteiger partial charge in [0.25, 0.3) is 5.91 Å². The van der Waals surface area contributed by atoms with E-state index in [4.69, 9.17) is 37.9 Å². The van der Waals surface area contributed by atoms with Crippen LogP contribution in [0.25, 0.3) is 25.7 Å². The summed E-state index contributed by atoms with van der Waals surface area (Å²) in [6.45, 7) is 10.4. The third-order valence-electron chi connectivity index (χ3n) is 10.5. The standard InChI is InChI=1S/C22H18N2O3S.C13H8Cl2S.C13H8OS.C9H12N2O3/c1-14(2)22(26)27-12-11-24-21(25)17(13-23)20-15-7-3-5-9-18(15)28-19-10-6-4-8-16(19)20;14-13(15)9-5-1-3-7-11(9)16-12-8-4-2-6-10(12)13;14-13-9-5-1-3-7-11(9)15-12-8-4-2-6-10(12)13;1-7(2)9(13)14-6-5-11-8(12)3-4-10/h3-10H,1,11-12H2,2H3,(H,24,25);1-8H;1-8H;1,3,5-6H2,2H3,(H,11,12). The molecule has 0 atom stereocenters. The van der Waals surface area contributed by atoms with Crippen molar-refractivity contribution in [3.63, 3.8) is 0 Å². The van der Waals surface area contributed by atoms with Gasteiger partial charge < -0.3 is 20.1 Å². The van der Waals surface area contributed by atoms with E-state index in [1.165, 1.54) is 6.92 Å². The molecule has 9 rings (SSSR count). The van der Waals surface area contributed by atoms with Gasteiger partial charge >= 0.3 is 11.9 Å². The van der Waals surface area contributed by atoms with E-state index in [1.807, 2.05) is 133 Å². The molecule has 2 aliphatic rings. The minimum absolute atomic E-state index is 0.00843. The van der Waals surface area contributed by atoms with Crippen LogP contribution in [0.5, 0.6) is 0 Å². The van der Waals surface area contributed by atoms with Crippen molar-refractivity contribution in [1.29, 1.82) is 10.5 Å². The molecule has 73 heavy (non-hydrogen) atoms. The van der Waals surface area contributed by atoms with Crippen LogP contribution in [-0.2, 0) is 33.0 Å². The van der Waals surface area contributed by atoms with Crippen molar-refractivity contribution < 1.29 is 28.7 Å². The topological polar surface area (TPSA) is 175 Å². The summed E-state index contributed by atoms with van der Waals surface area (Å²) in [7, 11) is 0. The van der Waals surface area contributed by atoms with Crippen LogP contribution in [0.3, 0.4) is 0 Å². The van der Waals surface area contributed by atoms with Gasteiger partial charge in [0, 0.05) is 67.6 Å². The number of nitriles is 2. The average molecular weight is 1070 g/mol. The predicted octanol–water partition coefficient (Wildman–Crippen LogP) is 12.1. The first-order valence-corrected chi connectivity index (χ1v) is 25.6. The van der Waals surface area contributed by atoms with Crippen molar-refractivity contribution in [2.75, 3.05) is 26.3 Å². The number of hydrogen-bond donors (Lipinski definition) is 2. The molecule has 0 fully saturated rings. The molecular formula is C57H46Cl2N4O7S3. The van der Waals surface area contributed by atoms with Crippen molar-refractivity contribution in [3.8, 4) is 12.1 Å². The normalized spacial score (nSPS) is 11.9. The van der Waals surface area contributed by atoms with E-state index < -0.39 is 22.2 Å². The Balaban J connectivity index is 0.000000167. The molecule has 0 spiro atoms. The molecule has 1 aromatic heterocycles. The summed E-state index contributed by atoms with van der Waals surface area (Å²) in [6.07, 6.45) is -0.186. The van der Waals surface area contributed by atoms with Crippen molar-refractivity contribution in [1.82, 2.24) is 10.6 Å². The van der Waals surface area contributed by atoms with Crippen molar-refractivity contribution in [3.05, 3.63) is 208 Å². The highest BCUT2D eigenvalue weighted by molar-refractivity contribution is 7.99. The first kappa shape index (κ1) is 54.9. The molecule has 2 aliphatic heterocycles. The lowest BCUT2D eigenvalue weighted by atomic mass is 9.92. The summed E-state index contributed by atoms with van der Waals surface area (Å²) in [6, 6.07) is 50.7. The number of nitrogens with zero attached hydrogens (tertiary/aromatic N) is 2. The summed E-state index contributed by atoms with van der Waals surface area (Å²) in [5, 5.41) is 24.6. The van der Waals surface area contributed by atoms with Crippen LogP contribution in [0, 0.1) is 22.7 Å². The fraction of sp³-hybridized carbons (Fsp3) is 0.140. The van der Waals surface area contributed by atoms with Gasteiger partial charge in [0.05, 0.1) is 19.2 Å². The van der Waals surface area contributed by atoms with E-state index in [0.717, 1.165) is 62.0 Å². The Morgan fingerprint density at radius 2 is 1.01 bits per heavy atom. The fourth-order valence-electron chi connectivity index (χ4n) is 7.03. The molecule has 2 N–H and O–H groups in total. The van der Waals surface area contributed by atoms with E-state index >= 15 is 0 Å². The molecule has 3 heterocycles. The lowest BCUT2D eigenvalue weighted by Crippen LogP contribution is -2.29. The highest BCUT2D eigenvalue weighted by atomic mass is 35.5. The van der Waals surface area contributed by atoms with Gasteiger partial charge in [-0.15, -0.1) is 11.3 Å². The Hall–Kier alpha value is -7.43. The van der Waals surface area contributed by atoms with Crippen molar-refractivity contribution in [2.24, 2.45) is 0 Å². The second-order valence-electron chi connectivity index (χ2n) is 15.8. The zero-order valence-corrected chi connectivity index (χ0v) is 43.5. The zero-order chi connectivity index (χ0) is 52.5. The minimum Gasteiger partial charge on any atom is -0.460 e. The number of halogens is 2. The molecule has 368 valence electrons. The van der Waals surface area contributed by atoms with Crippen molar-refractivity contribution in [2.45, 2.75) is 44.2 Å². The van der Waals surface area contributed by atoms with Gasteiger partial charge in [-0.1, -0.05) is 157 Å². The van der Waals surface area contributed by atoms with Gasteiger partial charge in [0.2, 0.25) is 5.91 Å². The van der Waals surface area contributed by atoms with Crippen LogP contribution in [-0.4, -0.2) is 50.1 Å². The SMILES string of the molecule is C=C(C)C(=O)OCCNC(=O)C(C#N)=C1c2ccccc2Sc2ccccc21.C=C(C)C(=O)OCCNC(=O)CC#N.ClC1(Cl)c2ccccc2Sc2ccccc21.O=c1c2ccccc2sc2ccccc12. The maximum atomic E-state index is 12.7. The number of nitrogens with one attached hydrogen (secondary N) is 2. The Morgan fingerprint density at radius 1 is 0.603 bits per heavy atom. The number of esters is 2. The predicted molar refractivity (Wildman–Crippen MR) is 292 cm³/mol. The molecule has 11 nitrogen and oxygen atoms in total. The van der Waals surface area contributed by atoms with Gasteiger partial charge in [0.15, 0.2) is 9.76 Å². The number of fused-ring (bicyclic) bond motifs is 6. The summed E-state index contributed by atoms with van der Waals surface area (Å²) < 4.78 is 10.8. The summed E-state index contributed by atoms with van der Waals surface area (Å²) in [5.41, 5.74) is 5.05. The maximum absolute atomic E-state index is 12.7. The monoisotopic (exact) mass is 1060 g/mol. The number of carbonyl (C=O) groups excluding carboxylic acids is 4. The highest BCUT2D eigenvalue weighted by Crippen LogP contribution is 2.53. The van der Waals surface area contributed by atoms with Crippen LogP contribution in [0.4, 0.5) is 0 Å². The van der Waals surface area contributed by atoms with E-state index in [9.17, 15) is 29.2 Å². The van der Waals surface area contributed by atoms with Crippen LogP contribution >= 0.6 is 58.1 Å². The molecule has 0 saturated carbocycles. The van der Waals surface area contributed by atoms with Crippen LogP contribution in [0.2, 0.25) is 0 Å². The summed E-state index contributed by atoms with van der Waals surface area (Å²) in [5.74, 6) is -1.88. The Labute approximate surface area is 445 Å². The Kier molecular flexibility index (Phi) is 19.8. The van der Waals surface area contributed by atoms with Crippen LogP contribution in [0.15, 0.2) is 200 Å². The third kappa shape index (κ3) is 14.2. The molecule has 2 amide bonds. The first-order valence-electron chi connectivity index (χ1n) is 22.4. The first-order chi connectivity index (χ1) is 35.2. The number of alkyl halides is 2. The van der Waals surface area contributed by atoms with Gasteiger partial charge in [-0.3, -0.25) is 14.4 Å². The summed E-state index contributed by atoms with van der Waals surface area (Å²) >= 11 is 18.0. The van der Waals surface area contributed by atoms with Gasteiger partial charge in [-0.25, -0.2) is 9.59 Å². The van der Waals surface area contributed by atoms with Crippen molar-refractivity contribution >= 4 is 108 Å². The molecular weight excluding hydrogens is 1020 g/mol. The average Bonchev–Trinajstić information content (AvgIpc) is 3.39. The van der Waals surface area contributed by atoms with E-state index in [-0.39, 0.29) is 49.6 Å². The molecule has 0 saturated heterocycles. The smallest absolute Gasteiger partial charge is 0.333 e. The van der Waals surface area contributed by atoms with Gasteiger partial charge in [-0.2, -0.15) is 10.5 Å². The number of benzene rings is 6. The Bertz CT molecular complexity index is 3280. The molecule has 0 bridgehead atoms. The molecule has 0 radical (unpaired) electrons. The lowest BCUT2D eigenvalue weighted by molar-refractivity contribution is -0.139. The largest absolute Gasteiger partial charge is 0.460 e. The molecule has 16 heteroatoms. The number of amides is 2. The second-order valence-corrected chi connectivity index (χ2v) is 20.4. The number of ether oxygens (including phenoxy) is 2. The highest BCUT2D eigenvalue weighted by Gasteiger charge is 2.37. The molecule has 7 aromatic rings. The van der Waals surface area contributed by atoms with Gasteiger partial charge in [-0.05, 0) is 73.5 Å². The lowest BCUT2D eigenvalue weighted by Gasteiger charge is -2.29. The molecule has 0 unspecified atom stereocenters. The van der Waals surface area contributed by atoms with E-state index in [1.54, 1.807) is 47.9 Å².